The summed E-state index contributed by atoms with van der Waals surface area (Å²) in [6.07, 6.45) is 0. The summed E-state index contributed by atoms with van der Waals surface area (Å²) in [5, 5.41) is 6.57. The van der Waals surface area contributed by atoms with E-state index in [0.717, 1.165) is 10.0 Å². The Morgan fingerprint density at radius 3 is 2.33 bits per heavy atom. The zero-order valence-corrected chi connectivity index (χ0v) is 19.7. The normalized spacial score (nSPS) is 10.6. The molecule has 0 saturated carbocycles. The zero-order valence-electron chi connectivity index (χ0n) is 17.4. The molecule has 0 unspecified atom stereocenters. The molecule has 0 atom stereocenters. The van der Waals surface area contributed by atoms with Gasteiger partial charge in [0.05, 0.1) is 5.52 Å². The molecule has 0 radical (unpaired) electrons. The summed E-state index contributed by atoms with van der Waals surface area (Å²) >= 11 is 9.26. The van der Waals surface area contributed by atoms with Crippen molar-refractivity contribution >= 4 is 67.5 Å². The molecule has 0 bridgehead atoms. The molecule has 1 aromatic heterocycles. The fourth-order valence-electron chi connectivity index (χ4n) is 3.25. The van der Waals surface area contributed by atoms with Crippen molar-refractivity contribution in [2.45, 2.75) is 6.92 Å². The van der Waals surface area contributed by atoms with E-state index >= 15 is 0 Å². The quantitative estimate of drug-likeness (QED) is 0.315. The second-order valence-electron chi connectivity index (χ2n) is 7.24. The van der Waals surface area contributed by atoms with Gasteiger partial charge in [-0.3, -0.25) is 19.8 Å². The monoisotopic (exact) mass is 524 g/mol. The van der Waals surface area contributed by atoms with Crippen LogP contribution in [0.1, 0.15) is 16.1 Å². The summed E-state index contributed by atoms with van der Waals surface area (Å²) in [5.41, 5.74) is 5.20. The van der Waals surface area contributed by atoms with Crippen LogP contribution in [0.25, 0.3) is 10.9 Å². The maximum absolute atomic E-state index is 13.1. The fraction of sp³-hybridized carbons (Fsp3) is 0.0417. The van der Waals surface area contributed by atoms with E-state index in [1.165, 1.54) is 4.68 Å². The number of halogens is 2. The molecule has 0 saturated heterocycles. The second-order valence-corrected chi connectivity index (χ2v) is 8.59. The molecule has 4 rings (SSSR count). The van der Waals surface area contributed by atoms with E-state index < -0.39 is 17.7 Å². The Hall–Kier alpha value is -3.62. The predicted octanol–water partition coefficient (Wildman–Crippen LogP) is 5.33. The van der Waals surface area contributed by atoms with E-state index in [1.54, 1.807) is 48.5 Å². The molecular formula is C24H18BrClN4O3. The first-order chi connectivity index (χ1) is 15.8. The van der Waals surface area contributed by atoms with Crippen LogP contribution < -0.4 is 16.1 Å². The van der Waals surface area contributed by atoms with Gasteiger partial charge in [0.2, 0.25) is 0 Å². The molecule has 0 aliphatic carbocycles. The van der Waals surface area contributed by atoms with Crippen molar-refractivity contribution in [3.63, 3.8) is 0 Å². The molecule has 33 heavy (non-hydrogen) atoms. The van der Waals surface area contributed by atoms with E-state index in [0.29, 0.717) is 27.3 Å². The fourth-order valence-corrected chi connectivity index (χ4v) is 3.75. The smallest absolute Gasteiger partial charge is 0.320 e. The van der Waals surface area contributed by atoms with Gasteiger partial charge < -0.3 is 10.6 Å². The number of rotatable bonds is 4. The van der Waals surface area contributed by atoms with Gasteiger partial charge in [-0.1, -0.05) is 45.7 Å². The summed E-state index contributed by atoms with van der Waals surface area (Å²) in [6.45, 7) is 1.88. The highest BCUT2D eigenvalue weighted by Gasteiger charge is 2.21. The lowest BCUT2D eigenvalue weighted by Gasteiger charge is -2.13. The molecule has 0 aliphatic heterocycles. The van der Waals surface area contributed by atoms with Crippen molar-refractivity contribution in [3.05, 3.63) is 93.5 Å². The lowest BCUT2D eigenvalue weighted by atomic mass is 10.2. The van der Waals surface area contributed by atoms with Crippen molar-refractivity contribution in [3.8, 4) is 0 Å². The molecule has 0 fully saturated rings. The SMILES string of the molecule is Cc1ccccc1NC(=O)c1cc2cc(Br)ccc2n1NC(=O)C(=O)Nc1ccc(Cl)cc1. The predicted molar refractivity (Wildman–Crippen MR) is 133 cm³/mol. The van der Waals surface area contributed by atoms with Crippen LogP contribution in [0.3, 0.4) is 0 Å². The number of hydrogen-bond acceptors (Lipinski definition) is 3. The number of carbonyl (C=O) groups excluding carboxylic acids is 3. The Balaban J connectivity index is 1.63. The number of para-hydroxylation sites is 1. The Bertz CT molecular complexity index is 1380. The average Bonchev–Trinajstić information content (AvgIpc) is 3.14. The van der Waals surface area contributed by atoms with Gasteiger partial charge in [0, 0.05) is 26.3 Å². The van der Waals surface area contributed by atoms with Crippen LogP contribution >= 0.6 is 27.5 Å². The van der Waals surface area contributed by atoms with Crippen LogP contribution in [0, 0.1) is 6.92 Å². The van der Waals surface area contributed by atoms with Gasteiger partial charge in [-0.2, -0.15) is 0 Å². The van der Waals surface area contributed by atoms with Crippen LogP contribution in [0.5, 0.6) is 0 Å². The number of fused-ring (bicyclic) bond motifs is 1. The molecule has 9 heteroatoms. The number of anilines is 2. The first kappa shape index (κ1) is 22.6. The van der Waals surface area contributed by atoms with Gasteiger partial charge in [0.15, 0.2) is 0 Å². The third kappa shape index (κ3) is 5.08. The van der Waals surface area contributed by atoms with E-state index in [4.69, 9.17) is 11.6 Å². The van der Waals surface area contributed by atoms with Crippen molar-refractivity contribution in [2.24, 2.45) is 0 Å². The van der Waals surface area contributed by atoms with Crippen LogP contribution in [0.2, 0.25) is 5.02 Å². The Morgan fingerprint density at radius 2 is 1.61 bits per heavy atom. The number of amides is 3. The standard InChI is InChI=1S/C24H18BrClN4O3/c1-14-4-2-3-5-19(14)28-22(31)21-13-15-12-16(25)6-11-20(15)30(21)29-24(33)23(32)27-18-9-7-17(26)8-10-18/h2-13H,1H3,(H,27,32)(H,28,31)(H,29,33). The minimum absolute atomic E-state index is 0.166. The average molecular weight is 526 g/mol. The molecule has 3 aromatic carbocycles. The molecule has 1 heterocycles. The summed E-state index contributed by atoms with van der Waals surface area (Å²) < 4.78 is 2.11. The topological polar surface area (TPSA) is 92.2 Å². The minimum atomic E-state index is -0.935. The third-order valence-corrected chi connectivity index (χ3v) is 5.66. The van der Waals surface area contributed by atoms with Crippen LogP contribution in [-0.4, -0.2) is 22.4 Å². The maximum atomic E-state index is 13.1. The minimum Gasteiger partial charge on any atom is -0.320 e. The number of nitrogens with one attached hydrogen (secondary N) is 3. The number of nitrogens with zero attached hydrogens (tertiary/aromatic N) is 1. The number of aromatic nitrogens is 1. The summed E-state index contributed by atoms with van der Waals surface area (Å²) in [4.78, 5) is 38.2. The van der Waals surface area contributed by atoms with Crippen LogP contribution in [0.4, 0.5) is 11.4 Å². The van der Waals surface area contributed by atoms with E-state index in [1.807, 2.05) is 31.2 Å². The molecular weight excluding hydrogens is 508 g/mol. The summed E-state index contributed by atoms with van der Waals surface area (Å²) in [5.74, 6) is -2.26. The van der Waals surface area contributed by atoms with E-state index in [-0.39, 0.29) is 5.69 Å². The number of hydrogen-bond donors (Lipinski definition) is 3. The van der Waals surface area contributed by atoms with Crippen molar-refractivity contribution in [1.82, 2.24) is 4.68 Å². The lowest BCUT2D eigenvalue weighted by molar-refractivity contribution is -0.133. The maximum Gasteiger partial charge on any atom is 0.328 e. The highest BCUT2D eigenvalue weighted by Crippen LogP contribution is 2.24. The van der Waals surface area contributed by atoms with Crippen LogP contribution in [0.15, 0.2) is 77.3 Å². The van der Waals surface area contributed by atoms with Gasteiger partial charge in [0.1, 0.15) is 5.69 Å². The highest BCUT2D eigenvalue weighted by molar-refractivity contribution is 9.10. The largest absolute Gasteiger partial charge is 0.328 e. The van der Waals surface area contributed by atoms with E-state index in [2.05, 4.69) is 32.0 Å². The van der Waals surface area contributed by atoms with Crippen molar-refractivity contribution in [1.29, 1.82) is 0 Å². The number of benzene rings is 3. The molecule has 0 aliphatic rings. The lowest BCUT2D eigenvalue weighted by Crippen LogP contribution is -2.36. The second kappa shape index (κ2) is 9.48. The molecule has 7 nitrogen and oxygen atoms in total. The molecule has 0 spiro atoms. The first-order valence-electron chi connectivity index (χ1n) is 9.88. The van der Waals surface area contributed by atoms with Gasteiger partial charge in [0.25, 0.3) is 5.91 Å². The molecule has 4 aromatic rings. The van der Waals surface area contributed by atoms with Gasteiger partial charge in [-0.15, -0.1) is 0 Å². The van der Waals surface area contributed by atoms with Crippen molar-refractivity contribution in [2.75, 3.05) is 16.1 Å². The first-order valence-corrected chi connectivity index (χ1v) is 11.0. The summed E-state index contributed by atoms with van der Waals surface area (Å²) in [6, 6.07) is 20.7. The molecule has 166 valence electrons. The molecule has 3 amide bonds. The van der Waals surface area contributed by atoms with E-state index in [9.17, 15) is 14.4 Å². The third-order valence-electron chi connectivity index (χ3n) is 4.91. The van der Waals surface area contributed by atoms with Crippen molar-refractivity contribution < 1.29 is 14.4 Å². The molecule has 3 N–H and O–H groups in total. The zero-order chi connectivity index (χ0) is 23.5. The van der Waals surface area contributed by atoms with Gasteiger partial charge >= 0.3 is 11.8 Å². The van der Waals surface area contributed by atoms with Gasteiger partial charge in [-0.25, -0.2) is 4.68 Å². The number of carbonyl (C=O) groups is 3. The Kier molecular flexibility index (Phi) is 6.48. The Morgan fingerprint density at radius 1 is 0.879 bits per heavy atom. The Labute approximate surface area is 202 Å². The highest BCUT2D eigenvalue weighted by atomic mass is 79.9. The van der Waals surface area contributed by atoms with Gasteiger partial charge in [-0.05, 0) is 67.1 Å². The number of aryl methyl sites for hydroxylation is 1. The summed E-state index contributed by atoms with van der Waals surface area (Å²) in [7, 11) is 0. The van der Waals surface area contributed by atoms with Crippen LogP contribution in [-0.2, 0) is 9.59 Å².